The minimum atomic E-state index is -0.0681. The van der Waals surface area contributed by atoms with E-state index in [9.17, 15) is 4.79 Å². The molecule has 1 fully saturated rings. The van der Waals surface area contributed by atoms with Crippen molar-refractivity contribution in [1.82, 2.24) is 10.2 Å². The van der Waals surface area contributed by atoms with Gasteiger partial charge in [0.25, 0.3) is 5.91 Å². The Bertz CT molecular complexity index is 484. The molecule has 0 radical (unpaired) electrons. The molecule has 0 spiro atoms. The van der Waals surface area contributed by atoms with Gasteiger partial charge in [0.05, 0.1) is 10.0 Å². The highest BCUT2D eigenvalue weighted by Crippen LogP contribution is 2.23. The Balaban J connectivity index is 1.71. The van der Waals surface area contributed by atoms with E-state index in [4.69, 9.17) is 5.73 Å². The van der Waals surface area contributed by atoms with E-state index in [1.54, 1.807) is 18.2 Å². The number of likely N-dealkylation sites (tertiary alicyclic amines) is 1. The molecule has 0 bridgehead atoms. The lowest BCUT2D eigenvalue weighted by Gasteiger charge is -2.30. The Hall–Kier alpha value is -1.07. The first-order chi connectivity index (χ1) is 10.1. The lowest BCUT2D eigenvalue weighted by molar-refractivity contribution is 0.0950. The normalized spacial score (nSPS) is 16.9. The first kappa shape index (κ1) is 16.3. The number of nitrogens with one attached hydrogen (secondary N) is 1. The molecule has 0 aromatic heterocycles. The number of carbonyl (C=O) groups is 1. The van der Waals surface area contributed by atoms with Crippen LogP contribution in [0.3, 0.4) is 0 Å². The Labute approximate surface area is 135 Å². The van der Waals surface area contributed by atoms with Crippen LogP contribution in [0.15, 0.2) is 22.7 Å². The maximum atomic E-state index is 12.1. The number of nitrogen functional groups attached to an aromatic ring is 1. The molecule has 1 aromatic rings. The Morgan fingerprint density at radius 1 is 1.43 bits per heavy atom. The number of nitrogens with zero attached hydrogens (tertiary/aromatic N) is 1. The summed E-state index contributed by atoms with van der Waals surface area (Å²) in [5, 5.41) is 2.96. The van der Waals surface area contributed by atoms with Crippen LogP contribution in [0.5, 0.6) is 0 Å². The van der Waals surface area contributed by atoms with Gasteiger partial charge in [-0.15, -0.1) is 0 Å². The van der Waals surface area contributed by atoms with Gasteiger partial charge in [0, 0.05) is 12.2 Å². The van der Waals surface area contributed by atoms with Gasteiger partial charge in [-0.25, -0.2) is 0 Å². The first-order valence-electron chi connectivity index (χ1n) is 7.62. The van der Waals surface area contributed by atoms with Gasteiger partial charge in [-0.2, -0.15) is 0 Å². The fourth-order valence-corrected chi connectivity index (χ4v) is 3.06. The Morgan fingerprint density at radius 2 is 2.14 bits per heavy atom. The van der Waals surface area contributed by atoms with Gasteiger partial charge in [0.2, 0.25) is 0 Å². The number of rotatable bonds is 5. The molecule has 3 N–H and O–H groups in total. The smallest absolute Gasteiger partial charge is 0.252 e. The number of hydrogen-bond donors (Lipinski definition) is 2. The molecule has 0 atom stereocenters. The number of carbonyl (C=O) groups excluding carboxylic acids is 1. The summed E-state index contributed by atoms with van der Waals surface area (Å²) in [6, 6.07) is 5.35. The van der Waals surface area contributed by atoms with Crippen LogP contribution in [0.2, 0.25) is 0 Å². The lowest BCUT2D eigenvalue weighted by atomic mass is 9.99. The van der Waals surface area contributed by atoms with E-state index < -0.39 is 0 Å². The molecule has 1 saturated heterocycles. The summed E-state index contributed by atoms with van der Waals surface area (Å²) in [6.45, 7) is 6.46. The number of anilines is 1. The van der Waals surface area contributed by atoms with Crippen LogP contribution >= 0.6 is 15.9 Å². The van der Waals surface area contributed by atoms with Gasteiger partial charge in [-0.3, -0.25) is 4.79 Å². The van der Waals surface area contributed by atoms with Gasteiger partial charge in [-0.05, 0) is 72.9 Å². The van der Waals surface area contributed by atoms with Crippen molar-refractivity contribution in [2.45, 2.75) is 26.2 Å². The summed E-state index contributed by atoms with van der Waals surface area (Å²) < 4.78 is 0.674. The van der Waals surface area contributed by atoms with Crippen LogP contribution in [-0.2, 0) is 0 Å². The number of hydrogen-bond acceptors (Lipinski definition) is 3. The summed E-state index contributed by atoms with van der Waals surface area (Å²) in [4.78, 5) is 14.6. The maximum Gasteiger partial charge on any atom is 0.252 e. The van der Waals surface area contributed by atoms with Crippen molar-refractivity contribution in [2.24, 2.45) is 5.92 Å². The monoisotopic (exact) mass is 353 g/mol. The van der Waals surface area contributed by atoms with Crippen molar-refractivity contribution in [1.29, 1.82) is 0 Å². The van der Waals surface area contributed by atoms with Crippen LogP contribution in [0.1, 0.15) is 36.5 Å². The molecule has 2 rings (SSSR count). The van der Waals surface area contributed by atoms with Crippen LogP contribution < -0.4 is 11.1 Å². The predicted octanol–water partition coefficient (Wildman–Crippen LogP) is 2.88. The largest absolute Gasteiger partial charge is 0.398 e. The summed E-state index contributed by atoms with van der Waals surface area (Å²) in [6.07, 6.45) is 3.57. The van der Waals surface area contributed by atoms with Crippen molar-refractivity contribution in [3.63, 3.8) is 0 Å². The zero-order chi connectivity index (χ0) is 15.2. The van der Waals surface area contributed by atoms with E-state index >= 15 is 0 Å². The topological polar surface area (TPSA) is 58.4 Å². The van der Waals surface area contributed by atoms with Gasteiger partial charge in [0.1, 0.15) is 0 Å². The molecule has 1 aromatic carbocycles. The Kier molecular flexibility index (Phi) is 6.06. The molecular weight excluding hydrogens is 330 g/mol. The van der Waals surface area contributed by atoms with E-state index in [1.807, 2.05) is 0 Å². The molecule has 1 aliphatic rings. The van der Waals surface area contributed by atoms with Crippen LogP contribution in [0, 0.1) is 5.92 Å². The highest BCUT2D eigenvalue weighted by atomic mass is 79.9. The number of piperidine rings is 1. The summed E-state index contributed by atoms with van der Waals surface area (Å²) in [5.41, 5.74) is 6.98. The van der Waals surface area contributed by atoms with Gasteiger partial charge < -0.3 is 16.0 Å². The second-order valence-corrected chi connectivity index (χ2v) is 6.64. The molecule has 0 aliphatic carbocycles. The maximum absolute atomic E-state index is 12.1. The average molecular weight is 354 g/mol. The highest BCUT2D eigenvalue weighted by molar-refractivity contribution is 9.10. The van der Waals surface area contributed by atoms with Crippen LogP contribution in [0.25, 0.3) is 0 Å². The third-order valence-corrected chi connectivity index (χ3v) is 4.97. The zero-order valence-corrected chi connectivity index (χ0v) is 14.2. The first-order valence-corrected chi connectivity index (χ1v) is 8.41. The van der Waals surface area contributed by atoms with E-state index in [0.29, 0.717) is 22.3 Å². The van der Waals surface area contributed by atoms with E-state index in [0.717, 1.165) is 18.9 Å². The van der Waals surface area contributed by atoms with E-state index in [-0.39, 0.29) is 5.91 Å². The van der Waals surface area contributed by atoms with Gasteiger partial charge >= 0.3 is 0 Å². The summed E-state index contributed by atoms with van der Waals surface area (Å²) in [7, 11) is 0. The SMILES string of the molecule is CC1CCN(CCCNC(=O)c2cccc(N)c2Br)CC1. The van der Waals surface area contributed by atoms with Crippen molar-refractivity contribution in [3.05, 3.63) is 28.2 Å². The fourth-order valence-electron chi connectivity index (χ4n) is 2.61. The molecule has 1 heterocycles. The van der Waals surface area contributed by atoms with E-state index in [2.05, 4.69) is 33.1 Å². The second kappa shape index (κ2) is 7.80. The molecule has 1 amide bonds. The third-order valence-electron chi connectivity index (χ3n) is 4.09. The highest BCUT2D eigenvalue weighted by Gasteiger charge is 2.15. The molecule has 0 saturated carbocycles. The van der Waals surface area contributed by atoms with Crippen LogP contribution in [-0.4, -0.2) is 37.0 Å². The summed E-state index contributed by atoms with van der Waals surface area (Å²) in [5.74, 6) is 0.795. The van der Waals surface area contributed by atoms with E-state index in [1.165, 1.54) is 25.9 Å². The zero-order valence-electron chi connectivity index (χ0n) is 12.6. The van der Waals surface area contributed by atoms with Crippen molar-refractivity contribution in [2.75, 3.05) is 31.9 Å². The minimum Gasteiger partial charge on any atom is -0.398 e. The third kappa shape index (κ3) is 4.71. The number of benzene rings is 1. The molecule has 0 unspecified atom stereocenters. The second-order valence-electron chi connectivity index (χ2n) is 5.84. The minimum absolute atomic E-state index is 0.0681. The number of amides is 1. The lowest BCUT2D eigenvalue weighted by Crippen LogP contribution is -2.35. The van der Waals surface area contributed by atoms with Crippen molar-refractivity contribution >= 4 is 27.5 Å². The molecule has 4 nitrogen and oxygen atoms in total. The number of halogens is 1. The average Bonchev–Trinajstić information content (AvgIpc) is 2.48. The van der Waals surface area contributed by atoms with Crippen molar-refractivity contribution in [3.8, 4) is 0 Å². The summed E-state index contributed by atoms with van der Waals surface area (Å²) >= 11 is 3.36. The van der Waals surface area contributed by atoms with Crippen LogP contribution in [0.4, 0.5) is 5.69 Å². The van der Waals surface area contributed by atoms with Gasteiger partial charge in [-0.1, -0.05) is 13.0 Å². The molecule has 1 aliphatic heterocycles. The van der Waals surface area contributed by atoms with Gasteiger partial charge in [0.15, 0.2) is 0 Å². The molecule has 116 valence electrons. The number of nitrogens with two attached hydrogens (primary N) is 1. The predicted molar refractivity (Wildman–Crippen MR) is 90.3 cm³/mol. The molecular formula is C16H24BrN3O. The molecule has 5 heteroatoms. The standard InChI is InChI=1S/C16H24BrN3O/c1-12-6-10-20(11-7-12)9-3-8-19-16(21)13-4-2-5-14(18)15(13)17/h2,4-5,12H,3,6-11,18H2,1H3,(H,19,21). The molecule has 21 heavy (non-hydrogen) atoms. The fraction of sp³-hybridized carbons (Fsp3) is 0.562. The Morgan fingerprint density at radius 3 is 2.86 bits per heavy atom. The quantitative estimate of drug-likeness (QED) is 0.632. The van der Waals surface area contributed by atoms with Crippen molar-refractivity contribution < 1.29 is 4.79 Å².